The Balaban J connectivity index is 1.84. The molecule has 6 nitrogen and oxygen atoms in total. The van der Waals surface area contributed by atoms with Crippen LogP contribution in [0.2, 0.25) is 0 Å². The first-order valence-electron chi connectivity index (χ1n) is 7.71. The fourth-order valence-electron chi connectivity index (χ4n) is 2.30. The van der Waals surface area contributed by atoms with E-state index in [1.54, 1.807) is 0 Å². The Labute approximate surface area is 135 Å². The molecule has 2 heterocycles. The first-order valence-corrected chi connectivity index (χ1v) is 8.59. The van der Waals surface area contributed by atoms with Crippen LogP contribution < -0.4 is 16.0 Å². The van der Waals surface area contributed by atoms with Crippen molar-refractivity contribution in [3.05, 3.63) is 11.1 Å². The van der Waals surface area contributed by atoms with Crippen LogP contribution in [0.5, 0.6) is 0 Å². The predicted octanol–water partition coefficient (Wildman–Crippen LogP) is 1.39. The minimum Gasteiger partial charge on any atom is -0.351 e. The molecule has 122 valence electrons. The first-order chi connectivity index (χ1) is 10.5. The van der Waals surface area contributed by atoms with Crippen LogP contribution in [0.1, 0.15) is 32.9 Å². The van der Waals surface area contributed by atoms with Crippen LogP contribution in [0.4, 0.5) is 5.13 Å². The second-order valence-corrected chi connectivity index (χ2v) is 6.97. The van der Waals surface area contributed by atoms with Crippen LogP contribution in [-0.2, 0) is 16.0 Å². The summed E-state index contributed by atoms with van der Waals surface area (Å²) in [5.74, 6) is 0.317. The summed E-state index contributed by atoms with van der Waals surface area (Å²) in [6.45, 7) is 7.65. The van der Waals surface area contributed by atoms with Gasteiger partial charge < -0.3 is 16.0 Å². The molecule has 1 aromatic rings. The zero-order chi connectivity index (χ0) is 16.1. The highest BCUT2D eigenvalue weighted by molar-refractivity contribution is 7.13. The average molecular weight is 324 g/mol. The van der Waals surface area contributed by atoms with Gasteiger partial charge in [0.15, 0.2) is 5.13 Å². The van der Waals surface area contributed by atoms with Gasteiger partial charge in [0, 0.05) is 23.9 Å². The molecule has 2 amide bonds. The number of piperidine rings is 1. The Hall–Kier alpha value is -1.47. The van der Waals surface area contributed by atoms with Crippen molar-refractivity contribution in [3.63, 3.8) is 0 Å². The Morgan fingerprint density at radius 3 is 2.95 bits per heavy atom. The van der Waals surface area contributed by atoms with Crippen LogP contribution in [0.15, 0.2) is 5.38 Å². The Morgan fingerprint density at radius 2 is 2.27 bits per heavy atom. The molecule has 0 spiro atoms. The Kier molecular flexibility index (Phi) is 5.90. The minimum absolute atomic E-state index is 0.0208. The Morgan fingerprint density at radius 1 is 1.50 bits per heavy atom. The molecule has 1 aliphatic rings. The molecule has 1 aliphatic heterocycles. The van der Waals surface area contributed by atoms with Crippen molar-refractivity contribution in [2.24, 2.45) is 11.8 Å². The van der Waals surface area contributed by atoms with E-state index in [2.05, 4.69) is 27.9 Å². The van der Waals surface area contributed by atoms with Gasteiger partial charge in [0.2, 0.25) is 11.8 Å². The number of amides is 2. The molecule has 1 aromatic heterocycles. The molecule has 0 aliphatic carbocycles. The van der Waals surface area contributed by atoms with Crippen LogP contribution in [0.25, 0.3) is 0 Å². The van der Waals surface area contributed by atoms with E-state index in [0.717, 1.165) is 19.5 Å². The summed E-state index contributed by atoms with van der Waals surface area (Å²) in [5, 5.41) is 11.5. The van der Waals surface area contributed by atoms with Gasteiger partial charge in [0.05, 0.1) is 12.1 Å². The number of rotatable bonds is 5. The lowest BCUT2D eigenvalue weighted by atomic mass is 9.95. The van der Waals surface area contributed by atoms with Gasteiger partial charge in [-0.1, -0.05) is 20.8 Å². The van der Waals surface area contributed by atoms with Gasteiger partial charge in [0.25, 0.3) is 0 Å². The summed E-state index contributed by atoms with van der Waals surface area (Å²) < 4.78 is 0. The first kappa shape index (κ1) is 16.9. The highest BCUT2D eigenvalue weighted by Crippen LogP contribution is 2.17. The highest BCUT2D eigenvalue weighted by atomic mass is 32.1. The summed E-state index contributed by atoms with van der Waals surface area (Å²) in [7, 11) is 0. The van der Waals surface area contributed by atoms with Crippen molar-refractivity contribution >= 4 is 28.3 Å². The third-order valence-electron chi connectivity index (χ3n) is 3.82. The van der Waals surface area contributed by atoms with Gasteiger partial charge in [0.1, 0.15) is 0 Å². The van der Waals surface area contributed by atoms with E-state index >= 15 is 0 Å². The quantitative estimate of drug-likeness (QED) is 0.764. The maximum Gasteiger partial charge on any atom is 0.228 e. The molecule has 1 saturated heterocycles. The third kappa shape index (κ3) is 4.78. The number of carbonyl (C=O) groups is 2. The number of anilines is 1. The smallest absolute Gasteiger partial charge is 0.228 e. The van der Waals surface area contributed by atoms with E-state index in [-0.39, 0.29) is 30.2 Å². The summed E-state index contributed by atoms with van der Waals surface area (Å²) in [5.41, 5.74) is 0.693. The number of thiazole rings is 1. The molecule has 7 heteroatoms. The molecule has 0 saturated carbocycles. The second-order valence-electron chi connectivity index (χ2n) is 6.11. The molecule has 0 radical (unpaired) electrons. The average Bonchev–Trinajstić information content (AvgIpc) is 2.88. The number of nitrogens with zero attached hydrogens (tertiary/aromatic N) is 1. The molecule has 2 unspecified atom stereocenters. The molecule has 0 aromatic carbocycles. The molecular formula is C15H24N4O2S. The zero-order valence-electron chi connectivity index (χ0n) is 13.3. The van der Waals surface area contributed by atoms with Gasteiger partial charge in [-0.15, -0.1) is 11.3 Å². The van der Waals surface area contributed by atoms with Gasteiger partial charge >= 0.3 is 0 Å². The largest absolute Gasteiger partial charge is 0.351 e. The lowest BCUT2D eigenvalue weighted by molar-refractivity contribution is -0.121. The Bertz CT molecular complexity index is 529. The zero-order valence-corrected chi connectivity index (χ0v) is 14.1. The van der Waals surface area contributed by atoms with Gasteiger partial charge in [-0.25, -0.2) is 4.98 Å². The second kappa shape index (κ2) is 7.69. The maximum absolute atomic E-state index is 12.1. The molecular weight excluding hydrogens is 300 g/mol. The van der Waals surface area contributed by atoms with Crippen molar-refractivity contribution in [2.75, 3.05) is 18.4 Å². The van der Waals surface area contributed by atoms with Crippen LogP contribution in [0, 0.1) is 11.8 Å². The molecule has 22 heavy (non-hydrogen) atoms. The topological polar surface area (TPSA) is 83.1 Å². The summed E-state index contributed by atoms with van der Waals surface area (Å²) >= 11 is 1.35. The van der Waals surface area contributed by atoms with E-state index in [1.165, 1.54) is 11.3 Å². The van der Waals surface area contributed by atoms with Crippen molar-refractivity contribution in [2.45, 2.75) is 39.7 Å². The molecule has 1 fully saturated rings. The fraction of sp³-hybridized carbons (Fsp3) is 0.667. The van der Waals surface area contributed by atoms with Crippen LogP contribution >= 0.6 is 11.3 Å². The van der Waals surface area contributed by atoms with Gasteiger partial charge in [-0.3, -0.25) is 9.59 Å². The van der Waals surface area contributed by atoms with E-state index in [1.807, 2.05) is 19.2 Å². The van der Waals surface area contributed by atoms with Crippen molar-refractivity contribution in [1.82, 2.24) is 15.6 Å². The highest BCUT2D eigenvalue weighted by Gasteiger charge is 2.22. The molecule has 3 N–H and O–H groups in total. The fourth-order valence-corrected chi connectivity index (χ4v) is 3.01. The summed E-state index contributed by atoms with van der Waals surface area (Å²) in [4.78, 5) is 28.0. The SMILES string of the molecule is CC(C)C(=O)Nc1nc(CC(=O)NC2CNCCC2C)cs1. The number of carbonyl (C=O) groups excluding carboxylic acids is 2. The predicted molar refractivity (Wildman–Crippen MR) is 87.9 cm³/mol. The monoisotopic (exact) mass is 324 g/mol. The third-order valence-corrected chi connectivity index (χ3v) is 4.63. The standard InChI is InChI=1S/C15H24N4O2S/c1-9(2)14(21)19-15-17-11(8-22-15)6-13(20)18-12-7-16-5-4-10(12)3/h8-10,12,16H,4-7H2,1-3H3,(H,18,20)(H,17,19,21). The number of hydrogen-bond donors (Lipinski definition) is 3. The summed E-state index contributed by atoms with van der Waals surface area (Å²) in [6, 6.07) is 0.181. The molecule has 2 atom stereocenters. The minimum atomic E-state index is -0.0871. The maximum atomic E-state index is 12.1. The number of nitrogens with one attached hydrogen (secondary N) is 3. The molecule has 2 rings (SSSR count). The van der Waals surface area contributed by atoms with Crippen LogP contribution in [0.3, 0.4) is 0 Å². The molecule has 0 bridgehead atoms. The van der Waals surface area contributed by atoms with Gasteiger partial charge in [-0.05, 0) is 18.9 Å². The van der Waals surface area contributed by atoms with E-state index in [0.29, 0.717) is 16.7 Å². The lowest BCUT2D eigenvalue weighted by Crippen LogP contribution is -2.50. The van der Waals surface area contributed by atoms with Crippen LogP contribution in [-0.4, -0.2) is 35.9 Å². The summed E-state index contributed by atoms with van der Waals surface area (Å²) in [6.07, 6.45) is 1.32. The number of hydrogen-bond acceptors (Lipinski definition) is 5. The van der Waals surface area contributed by atoms with E-state index < -0.39 is 0 Å². The van der Waals surface area contributed by atoms with Crippen molar-refractivity contribution in [1.29, 1.82) is 0 Å². The van der Waals surface area contributed by atoms with Crippen molar-refractivity contribution < 1.29 is 9.59 Å². The lowest BCUT2D eigenvalue weighted by Gasteiger charge is -2.30. The number of aromatic nitrogens is 1. The van der Waals surface area contributed by atoms with Crippen molar-refractivity contribution in [3.8, 4) is 0 Å². The van der Waals surface area contributed by atoms with E-state index in [4.69, 9.17) is 0 Å². The van der Waals surface area contributed by atoms with Gasteiger partial charge in [-0.2, -0.15) is 0 Å². The normalized spacial score (nSPS) is 21.6. The van der Waals surface area contributed by atoms with E-state index in [9.17, 15) is 9.59 Å².